The van der Waals surface area contributed by atoms with Gasteiger partial charge in [-0.3, -0.25) is 4.90 Å². The van der Waals surface area contributed by atoms with Gasteiger partial charge in [0, 0.05) is 30.6 Å². The van der Waals surface area contributed by atoms with Crippen LogP contribution in [0.25, 0.3) is 10.9 Å². The van der Waals surface area contributed by atoms with Gasteiger partial charge in [0.1, 0.15) is 6.61 Å². The number of rotatable bonds is 2. The van der Waals surface area contributed by atoms with Crippen LogP contribution in [0.4, 0.5) is 0 Å². The van der Waals surface area contributed by atoms with Crippen molar-refractivity contribution in [1.82, 2.24) is 9.88 Å². The molecule has 4 rings (SSSR count). The van der Waals surface area contributed by atoms with E-state index in [0.29, 0.717) is 6.61 Å². The second-order valence-electron chi connectivity index (χ2n) is 5.69. The van der Waals surface area contributed by atoms with Gasteiger partial charge in [-0.25, -0.2) is 4.98 Å². The molecule has 3 aromatic rings. The normalized spacial score (nSPS) is 15.1. The molecule has 3 heteroatoms. The minimum atomic E-state index is 0.686. The molecule has 0 bridgehead atoms. The number of fused-ring (bicyclic) bond motifs is 2. The van der Waals surface area contributed by atoms with Crippen LogP contribution in [-0.2, 0) is 13.1 Å². The highest BCUT2D eigenvalue weighted by Crippen LogP contribution is 2.26. The molecule has 3 nitrogen and oxygen atoms in total. The summed E-state index contributed by atoms with van der Waals surface area (Å²) in [6.07, 6.45) is 0. The van der Waals surface area contributed by atoms with Crippen LogP contribution in [0.2, 0.25) is 0 Å². The zero-order valence-electron chi connectivity index (χ0n) is 12.4. The Morgan fingerprint density at radius 1 is 1.00 bits per heavy atom. The van der Waals surface area contributed by atoms with E-state index in [1.54, 1.807) is 0 Å². The fourth-order valence-electron chi connectivity index (χ4n) is 2.95. The van der Waals surface area contributed by atoms with Crippen molar-refractivity contribution in [1.29, 1.82) is 0 Å². The third-order valence-electron chi connectivity index (χ3n) is 4.05. The number of nitrogens with zero attached hydrogens (tertiary/aromatic N) is 2. The van der Waals surface area contributed by atoms with Crippen LogP contribution in [0.3, 0.4) is 0 Å². The number of benzene rings is 2. The van der Waals surface area contributed by atoms with Gasteiger partial charge in [0.05, 0.1) is 5.52 Å². The van der Waals surface area contributed by atoms with E-state index < -0.39 is 0 Å². The smallest absolute Gasteiger partial charge is 0.218 e. The van der Waals surface area contributed by atoms with Crippen LogP contribution in [0, 0.1) is 0 Å². The summed E-state index contributed by atoms with van der Waals surface area (Å²) in [5.41, 5.74) is 3.50. The van der Waals surface area contributed by atoms with E-state index in [0.717, 1.165) is 31.0 Å². The fourth-order valence-corrected chi connectivity index (χ4v) is 2.95. The minimum absolute atomic E-state index is 0.686. The molecule has 1 aliphatic rings. The Labute approximate surface area is 130 Å². The molecule has 0 spiro atoms. The van der Waals surface area contributed by atoms with Crippen molar-refractivity contribution in [2.45, 2.75) is 13.1 Å². The van der Waals surface area contributed by atoms with Gasteiger partial charge >= 0.3 is 0 Å². The number of ether oxygens (including phenoxy) is 1. The van der Waals surface area contributed by atoms with E-state index in [9.17, 15) is 0 Å². The Morgan fingerprint density at radius 2 is 1.82 bits per heavy atom. The first kappa shape index (κ1) is 13.3. The first-order valence-electron chi connectivity index (χ1n) is 7.66. The lowest BCUT2D eigenvalue weighted by molar-refractivity contribution is 0.217. The standard InChI is InChI=1S/C19H18N2O/c1-2-6-15(7-3-1)13-21-10-11-22-19-17(14-21)12-16-8-4-5-9-18(16)20-19/h1-9,12H,10-11,13-14H2. The molecule has 0 fully saturated rings. The van der Waals surface area contributed by atoms with Crippen molar-refractivity contribution in [3.63, 3.8) is 0 Å². The molecule has 2 aromatic carbocycles. The van der Waals surface area contributed by atoms with Gasteiger partial charge in [0.2, 0.25) is 5.88 Å². The van der Waals surface area contributed by atoms with Gasteiger partial charge in [-0.2, -0.15) is 0 Å². The van der Waals surface area contributed by atoms with Crippen LogP contribution in [0.5, 0.6) is 5.88 Å². The molecule has 1 aliphatic heterocycles. The minimum Gasteiger partial charge on any atom is -0.476 e. The number of hydrogen-bond donors (Lipinski definition) is 0. The van der Waals surface area contributed by atoms with Crippen LogP contribution in [0.1, 0.15) is 11.1 Å². The van der Waals surface area contributed by atoms with E-state index in [2.05, 4.69) is 58.4 Å². The lowest BCUT2D eigenvalue weighted by atomic mass is 10.1. The Bertz CT molecular complexity index is 786. The SMILES string of the molecule is c1ccc(CN2CCOc3nc4ccccc4cc3C2)cc1. The molecule has 0 radical (unpaired) electrons. The molecule has 2 heterocycles. The molecule has 0 unspecified atom stereocenters. The van der Waals surface area contributed by atoms with Crippen molar-refractivity contribution >= 4 is 10.9 Å². The highest BCUT2D eigenvalue weighted by molar-refractivity contribution is 5.80. The summed E-state index contributed by atoms with van der Waals surface area (Å²) >= 11 is 0. The molecular formula is C19H18N2O. The first-order valence-corrected chi connectivity index (χ1v) is 7.66. The monoisotopic (exact) mass is 290 g/mol. The van der Waals surface area contributed by atoms with Crippen molar-refractivity contribution < 1.29 is 4.74 Å². The molecule has 1 aromatic heterocycles. The number of aromatic nitrogens is 1. The number of para-hydroxylation sites is 1. The van der Waals surface area contributed by atoms with Gasteiger partial charge in [-0.05, 0) is 17.7 Å². The number of pyridine rings is 1. The van der Waals surface area contributed by atoms with Crippen molar-refractivity contribution in [3.05, 3.63) is 71.8 Å². The Hall–Kier alpha value is -2.39. The van der Waals surface area contributed by atoms with E-state index in [4.69, 9.17) is 4.74 Å². The van der Waals surface area contributed by atoms with E-state index in [1.807, 2.05) is 12.1 Å². The maximum Gasteiger partial charge on any atom is 0.218 e. The second kappa shape index (κ2) is 5.78. The molecular weight excluding hydrogens is 272 g/mol. The molecule has 0 aliphatic carbocycles. The molecule has 0 atom stereocenters. The summed E-state index contributed by atoms with van der Waals surface area (Å²) < 4.78 is 5.87. The average Bonchev–Trinajstić information content (AvgIpc) is 2.75. The van der Waals surface area contributed by atoms with Gasteiger partial charge < -0.3 is 4.74 Å². The van der Waals surface area contributed by atoms with Crippen LogP contribution in [-0.4, -0.2) is 23.0 Å². The van der Waals surface area contributed by atoms with Gasteiger partial charge in [-0.15, -0.1) is 0 Å². The zero-order chi connectivity index (χ0) is 14.8. The largest absolute Gasteiger partial charge is 0.476 e. The summed E-state index contributed by atoms with van der Waals surface area (Å²) in [7, 11) is 0. The molecule has 0 saturated carbocycles. The quantitative estimate of drug-likeness (QED) is 0.720. The summed E-state index contributed by atoms with van der Waals surface area (Å²) in [5.74, 6) is 0.786. The molecule has 0 amide bonds. The lowest BCUT2D eigenvalue weighted by Crippen LogP contribution is -2.25. The topological polar surface area (TPSA) is 25.4 Å². The van der Waals surface area contributed by atoms with E-state index >= 15 is 0 Å². The molecule has 110 valence electrons. The predicted molar refractivity (Wildman–Crippen MR) is 87.8 cm³/mol. The van der Waals surface area contributed by atoms with Crippen LogP contribution in [0.15, 0.2) is 60.7 Å². The summed E-state index contributed by atoms with van der Waals surface area (Å²) in [5, 5.41) is 1.17. The first-order chi connectivity index (χ1) is 10.9. The Kier molecular flexibility index (Phi) is 3.49. The maximum atomic E-state index is 5.87. The molecule has 22 heavy (non-hydrogen) atoms. The van der Waals surface area contributed by atoms with Gasteiger partial charge in [-0.1, -0.05) is 48.5 Å². The molecule has 0 N–H and O–H groups in total. The lowest BCUT2D eigenvalue weighted by Gasteiger charge is -2.19. The van der Waals surface area contributed by atoms with Crippen LogP contribution < -0.4 is 4.74 Å². The average molecular weight is 290 g/mol. The van der Waals surface area contributed by atoms with Crippen molar-refractivity contribution in [2.24, 2.45) is 0 Å². The Balaban J connectivity index is 1.63. The van der Waals surface area contributed by atoms with Gasteiger partial charge in [0.25, 0.3) is 0 Å². The molecule has 0 saturated heterocycles. The van der Waals surface area contributed by atoms with E-state index in [-0.39, 0.29) is 0 Å². The van der Waals surface area contributed by atoms with Gasteiger partial charge in [0.15, 0.2) is 0 Å². The second-order valence-corrected chi connectivity index (χ2v) is 5.69. The summed E-state index contributed by atoms with van der Waals surface area (Å²) in [6.45, 7) is 3.42. The van der Waals surface area contributed by atoms with E-state index in [1.165, 1.54) is 16.5 Å². The maximum absolute atomic E-state index is 5.87. The third-order valence-corrected chi connectivity index (χ3v) is 4.05. The third kappa shape index (κ3) is 2.68. The van der Waals surface area contributed by atoms with Crippen molar-refractivity contribution in [2.75, 3.05) is 13.2 Å². The summed E-state index contributed by atoms with van der Waals surface area (Å²) in [6, 6.07) is 21.0. The highest BCUT2D eigenvalue weighted by Gasteiger charge is 2.17. The fraction of sp³-hybridized carbons (Fsp3) is 0.211. The van der Waals surface area contributed by atoms with Crippen LogP contribution >= 0.6 is 0 Å². The Morgan fingerprint density at radius 3 is 2.73 bits per heavy atom. The zero-order valence-corrected chi connectivity index (χ0v) is 12.4. The highest BCUT2D eigenvalue weighted by atomic mass is 16.5. The number of hydrogen-bond acceptors (Lipinski definition) is 3. The van der Waals surface area contributed by atoms with Crippen molar-refractivity contribution in [3.8, 4) is 5.88 Å². The predicted octanol–water partition coefficient (Wildman–Crippen LogP) is 3.63. The summed E-state index contributed by atoms with van der Waals surface area (Å²) in [4.78, 5) is 7.08.